The first-order valence-corrected chi connectivity index (χ1v) is 5.51. The number of oxime groups is 1. The molecule has 13 heavy (non-hydrogen) atoms. The van der Waals surface area contributed by atoms with Crippen molar-refractivity contribution in [2.75, 3.05) is 6.61 Å². The van der Waals surface area contributed by atoms with Crippen molar-refractivity contribution in [3.63, 3.8) is 0 Å². The van der Waals surface area contributed by atoms with E-state index in [0.29, 0.717) is 5.92 Å². The van der Waals surface area contributed by atoms with Crippen LogP contribution in [-0.4, -0.2) is 12.3 Å². The van der Waals surface area contributed by atoms with Crippen LogP contribution in [-0.2, 0) is 4.84 Å². The SMILES string of the molecule is CCCON=C(C)C1CCCCC1. The van der Waals surface area contributed by atoms with Crippen molar-refractivity contribution in [2.24, 2.45) is 11.1 Å². The first-order valence-electron chi connectivity index (χ1n) is 5.51. The first-order chi connectivity index (χ1) is 6.34. The molecule has 0 saturated heterocycles. The second kappa shape index (κ2) is 6.01. The predicted octanol–water partition coefficient (Wildman–Crippen LogP) is 3.37. The smallest absolute Gasteiger partial charge is 0.116 e. The summed E-state index contributed by atoms with van der Waals surface area (Å²) in [7, 11) is 0. The minimum atomic E-state index is 0.700. The molecule has 2 heteroatoms. The predicted molar refractivity (Wildman–Crippen MR) is 55.9 cm³/mol. The number of hydrogen-bond donors (Lipinski definition) is 0. The lowest BCUT2D eigenvalue weighted by molar-refractivity contribution is 0.142. The van der Waals surface area contributed by atoms with Crippen LogP contribution in [0.2, 0.25) is 0 Å². The zero-order valence-corrected chi connectivity index (χ0v) is 8.88. The van der Waals surface area contributed by atoms with Crippen molar-refractivity contribution in [1.29, 1.82) is 0 Å². The summed E-state index contributed by atoms with van der Waals surface area (Å²) >= 11 is 0. The Labute approximate surface area is 81.3 Å². The van der Waals surface area contributed by atoms with Gasteiger partial charge in [0.05, 0.1) is 5.71 Å². The summed E-state index contributed by atoms with van der Waals surface area (Å²) < 4.78 is 0. The van der Waals surface area contributed by atoms with Crippen LogP contribution in [0.25, 0.3) is 0 Å². The van der Waals surface area contributed by atoms with Gasteiger partial charge in [0.15, 0.2) is 0 Å². The number of nitrogens with zero attached hydrogens (tertiary/aromatic N) is 1. The minimum absolute atomic E-state index is 0.700. The van der Waals surface area contributed by atoms with E-state index >= 15 is 0 Å². The van der Waals surface area contributed by atoms with Gasteiger partial charge in [0.2, 0.25) is 0 Å². The molecule has 0 radical (unpaired) electrons. The van der Waals surface area contributed by atoms with Gasteiger partial charge in [-0.05, 0) is 26.2 Å². The fourth-order valence-corrected chi connectivity index (χ4v) is 1.83. The van der Waals surface area contributed by atoms with Gasteiger partial charge in [-0.25, -0.2) is 0 Å². The summed E-state index contributed by atoms with van der Waals surface area (Å²) in [6.07, 6.45) is 7.80. The second-order valence-electron chi connectivity index (χ2n) is 3.90. The molecular formula is C11H21NO. The Balaban J connectivity index is 2.27. The van der Waals surface area contributed by atoms with E-state index in [4.69, 9.17) is 4.84 Å². The molecule has 0 aliphatic heterocycles. The third-order valence-electron chi connectivity index (χ3n) is 2.70. The summed E-state index contributed by atoms with van der Waals surface area (Å²) in [4.78, 5) is 5.19. The van der Waals surface area contributed by atoms with Gasteiger partial charge in [-0.15, -0.1) is 0 Å². The average molecular weight is 183 g/mol. The lowest BCUT2D eigenvalue weighted by Gasteiger charge is -2.20. The Bertz CT molecular complexity index is 159. The molecule has 0 bridgehead atoms. The van der Waals surface area contributed by atoms with Gasteiger partial charge < -0.3 is 4.84 Å². The van der Waals surface area contributed by atoms with Crippen LogP contribution >= 0.6 is 0 Å². The zero-order valence-electron chi connectivity index (χ0n) is 8.88. The molecule has 0 spiro atoms. The maximum absolute atomic E-state index is 5.19. The van der Waals surface area contributed by atoms with E-state index in [2.05, 4.69) is 19.0 Å². The van der Waals surface area contributed by atoms with Gasteiger partial charge in [0.25, 0.3) is 0 Å². The van der Waals surface area contributed by atoms with Crippen LogP contribution in [0.15, 0.2) is 5.16 Å². The summed E-state index contributed by atoms with van der Waals surface area (Å²) in [5.41, 5.74) is 1.20. The van der Waals surface area contributed by atoms with Gasteiger partial charge in [0, 0.05) is 5.92 Å². The Hall–Kier alpha value is -0.530. The van der Waals surface area contributed by atoms with Crippen LogP contribution in [0.1, 0.15) is 52.4 Å². The van der Waals surface area contributed by atoms with E-state index in [-0.39, 0.29) is 0 Å². The topological polar surface area (TPSA) is 21.6 Å². The van der Waals surface area contributed by atoms with Gasteiger partial charge >= 0.3 is 0 Å². The van der Waals surface area contributed by atoms with E-state index in [1.165, 1.54) is 37.8 Å². The van der Waals surface area contributed by atoms with E-state index in [0.717, 1.165) is 13.0 Å². The van der Waals surface area contributed by atoms with Crippen molar-refractivity contribution >= 4 is 5.71 Å². The summed E-state index contributed by atoms with van der Waals surface area (Å²) in [5.74, 6) is 0.700. The fourth-order valence-electron chi connectivity index (χ4n) is 1.83. The maximum Gasteiger partial charge on any atom is 0.116 e. The number of rotatable bonds is 4. The normalized spacial score (nSPS) is 20.3. The first kappa shape index (κ1) is 10.6. The van der Waals surface area contributed by atoms with Crippen molar-refractivity contribution in [2.45, 2.75) is 52.4 Å². The molecule has 76 valence electrons. The van der Waals surface area contributed by atoms with E-state index in [1.807, 2.05) is 0 Å². The molecule has 0 aromatic rings. The molecule has 1 saturated carbocycles. The maximum atomic E-state index is 5.19. The Morgan fingerprint density at radius 3 is 2.62 bits per heavy atom. The molecule has 1 aliphatic rings. The Morgan fingerprint density at radius 1 is 1.31 bits per heavy atom. The molecule has 1 fully saturated rings. The van der Waals surface area contributed by atoms with Gasteiger partial charge in [0.1, 0.15) is 6.61 Å². The molecule has 0 unspecified atom stereocenters. The third-order valence-corrected chi connectivity index (χ3v) is 2.70. The van der Waals surface area contributed by atoms with Crippen molar-refractivity contribution in [3.8, 4) is 0 Å². The molecule has 0 atom stereocenters. The number of hydrogen-bond acceptors (Lipinski definition) is 2. The van der Waals surface area contributed by atoms with Crippen molar-refractivity contribution in [1.82, 2.24) is 0 Å². The highest BCUT2D eigenvalue weighted by molar-refractivity contribution is 5.83. The molecule has 0 aromatic carbocycles. The highest BCUT2D eigenvalue weighted by Crippen LogP contribution is 2.24. The van der Waals surface area contributed by atoms with Crippen molar-refractivity contribution < 1.29 is 4.84 Å². The van der Waals surface area contributed by atoms with Crippen LogP contribution in [0.5, 0.6) is 0 Å². The van der Waals surface area contributed by atoms with Crippen LogP contribution in [0, 0.1) is 5.92 Å². The quantitative estimate of drug-likeness (QED) is 0.372. The highest BCUT2D eigenvalue weighted by atomic mass is 16.6. The second-order valence-corrected chi connectivity index (χ2v) is 3.90. The van der Waals surface area contributed by atoms with Gasteiger partial charge in [-0.2, -0.15) is 0 Å². The molecule has 0 N–H and O–H groups in total. The van der Waals surface area contributed by atoms with Crippen LogP contribution in [0.4, 0.5) is 0 Å². The minimum Gasteiger partial charge on any atom is -0.396 e. The average Bonchev–Trinajstić information content (AvgIpc) is 2.19. The summed E-state index contributed by atoms with van der Waals surface area (Å²) in [6, 6.07) is 0. The lowest BCUT2D eigenvalue weighted by atomic mass is 9.86. The monoisotopic (exact) mass is 183 g/mol. The Kier molecular flexibility index (Phi) is 4.87. The molecular weight excluding hydrogens is 162 g/mol. The van der Waals surface area contributed by atoms with Crippen molar-refractivity contribution in [3.05, 3.63) is 0 Å². The highest BCUT2D eigenvalue weighted by Gasteiger charge is 2.16. The molecule has 0 amide bonds. The van der Waals surface area contributed by atoms with E-state index in [1.54, 1.807) is 0 Å². The van der Waals surface area contributed by atoms with Gasteiger partial charge in [-0.3, -0.25) is 0 Å². The molecule has 0 heterocycles. The summed E-state index contributed by atoms with van der Waals surface area (Å²) in [5, 5.41) is 4.15. The standard InChI is InChI=1S/C11H21NO/c1-3-9-13-12-10(2)11-7-5-4-6-8-11/h11H,3-9H2,1-2H3. The molecule has 2 nitrogen and oxygen atoms in total. The molecule has 1 rings (SSSR count). The Morgan fingerprint density at radius 2 is 2.00 bits per heavy atom. The van der Waals surface area contributed by atoms with Crippen LogP contribution < -0.4 is 0 Å². The van der Waals surface area contributed by atoms with Gasteiger partial charge in [-0.1, -0.05) is 31.3 Å². The molecule has 1 aliphatic carbocycles. The fraction of sp³-hybridized carbons (Fsp3) is 0.909. The third kappa shape index (κ3) is 3.79. The van der Waals surface area contributed by atoms with E-state index in [9.17, 15) is 0 Å². The largest absolute Gasteiger partial charge is 0.396 e. The van der Waals surface area contributed by atoms with Crippen LogP contribution in [0.3, 0.4) is 0 Å². The lowest BCUT2D eigenvalue weighted by Crippen LogP contribution is -2.15. The summed E-state index contributed by atoms with van der Waals surface area (Å²) in [6.45, 7) is 4.96. The van der Waals surface area contributed by atoms with E-state index < -0.39 is 0 Å². The molecule has 0 aromatic heterocycles. The zero-order chi connectivity index (χ0) is 9.52.